The summed E-state index contributed by atoms with van der Waals surface area (Å²) in [6, 6.07) is 13.8. The van der Waals surface area contributed by atoms with Crippen LogP contribution in [0.4, 0.5) is 121 Å². The van der Waals surface area contributed by atoms with Gasteiger partial charge in [-0.1, -0.05) is 12.7 Å². The molecule has 0 unspecified atom stereocenters. The van der Waals surface area contributed by atoms with E-state index in [0.717, 1.165) is 29.2 Å². The van der Waals surface area contributed by atoms with Crippen molar-refractivity contribution < 1.29 is 92.2 Å². The molecule has 5 aromatic carbocycles. The first-order valence-electron chi connectivity index (χ1n) is 23.4. The number of halogens is 21. The lowest BCUT2D eigenvalue weighted by Gasteiger charge is -2.27. The molecule has 0 saturated carbocycles. The van der Waals surface area contributed by atoms with Gasteiger partial charge < -0.3 is 0 Å². The van der Waals surface area contributed by atoms with Gasteiger partial charge in [-0.3, -0.25) is 14.8 Å². The van der Waals surface area contributed by atoms with Crippen LogP contribution in [0.2, 0.25) is 0 Å². The van der Waals surface area contributed by atoms with Gasteiger partial charge in [-0.2, -0.15) is 92.2 Å². The summed E-state index contributed by atoms with van der Waals surface area (Å²) in [7, 11) is 0. The zero-order chi connectivity index (χ0) is 61.0. The molecule has 0 N–H and O–H groups in total. The number of nitrogens with zero attached hydrogens (tertiary/aromatic N) is 5. The average molecular weight is 1190 g/mol. The van der Waals surface area contributed by atoms with Crippen molar-refractivity contribution in [2.75, 3.05) is 9.80 Å². The molecule has 0 aliphatic carbocycles. The normalized spacial score (nSPS) is 13.1. The highest BCUT2D eigenvalue weighted by Crippen LogP contribution is 2.47. The number of hydrogen-bond acceptors (Lipinski definition) is 5. The largest absolute Gasteiger partial charge is 0.416 e. The van der Waals surface area contributed by atoms with Crippen molar-refractivity contribution in [3.8, 4) is 44.5 Å². The molecule has 0 spiro atoms. The highest BCUT2D eigenvalue weighted by Gasteiger charge is 2.41. The Morgan fingerprint density at radius 1 is 0.361 bits per heavy atom. The van der Waals surface area contributed by atoms with Crippen molar-refractivity contribution in [2.24, 2.45) is 0 Å². The third-order valence-corrected chi connectivity index (χ3v) is 12.3. The van der Waals surface area contributed by atoms with Crippen LogP contribution in [-0.2, 0) is 43.2 Å². The van der Waals surface area contributed by atoms with Crippen molar-refractivity contribution in [2.45, 2.75) is 50.2 Å². The van der Waals surface area contributed by atoms with Gasteiger partial charge in [0.05, 0.1) is 50.8 Å². The fraction of sp³-hybridized carbons (Fsp3) is 0.140. The predicted octanol–water partition coefficient (Wildman–Crippen LogP) is 20.4. The van der Waals surface area contributed by atoms with E-state index in [9.17, 15) is 92.2 Å². The summed E-state index contributed by atoms with van der Waals surface area (Å²) in [5.41, 5.74) is -16.8. The Kier molecular flexibility index (Phi) is 15.8. The molecule has 3 aromatic heterocycles. The lowest BCUT2D eigenvalue weighted by atomic mass is 9.93. The van der Waals surface area contributed by atoms with E-state index < -0.39 is 121 Å². The van der Waals surface area contributed by atoms with E-state index in [1.54, 1.807) is 0 Å². The molecule has 0 aliphatic rings. The number of alkyl halides is 21. The van der Waals surface area contributed by atoms with Crippen molar-refractivity contribution in [1.29, 1.82) is 0 Å². The van der Waals surface area contributed by atoms with Crippen LogP contribution >= 0.6 is 0 Å². The summed E-state index contributed by atoms with van der Waals surface area (Å²) in [5, 5.41) is 0. The molecule has 0 saturated heterocycles. The molecule has 0 amide bonds. The summed E-state index contributed by atoms with van der Waals surface area (Å²) in [6.07, 6.45) is -30.1. The Bertz CT molecular complexity index is 3530. The first-order chi connectivity index (χ1) is 38.4. The molecular formula is C57H32F21N5. The number of rotatable bonds is 11. The topological polar surface area (TPSA) is 45.2 Å². The molecule has 26 heteroatoms. The van der Waals surface area contributed by atoms with Crippen molar-refractivity contribution in [3.63, 3.8) is 0 Å². The molecule has 0 aliphatic heterocycles. The van der Waals surface area contributed by atoms with E-state index in [-0.39, 0.29) is 70.2 Å². The zero-order valence-corrected chi connectivity index (χ0v) is 41.5. The SMILES string of the molecule is C=C/C=C(\C)N(c1cc(-c2cc(C(F)(F)F)cc(C(F)(F)F)c2)cc(C(F)(F)F)c1)c1ccc(-c2ccc(N(c3cccnc3)c3cc(-c4cc(C(F)(F)F)cc(C(F)(F)F)c4)cc(-c4cc(C(F)(F)F)cc(C(F)(F)F)c4)c3)nc2)cn1. The van der Waals surface area contributed by atoms with Crippen molar-refractivity contribution in [1.82, 2.24) is 15.0 Å². The maximum atomic E-state index is 14.5. The molecule has 0 bridgehead atoms. The lowest BCUT2D eigenvalue weighted by molar-refractivity contribution is -0.144. The van der Waals surface area contributed by atoms with E-state index in [4.69, 9.17) is 0 Å². The van der Waals surface area contributed by atoms with Crippen LogP contribution in [0.25, 0.3) is 44.5 Å². The first kappa shape index (κ1) is 60.3. The highest BCUT2D eigenvalue weighted by molar-refractivity contribution is 5.85. The smallest absolute Gasteiger partial charge is 0.299 e. The average Bonchev–Trinajstić information content (AvgIpc) is 2.25. The monoisotopic (exact) mass is 1190 g/mol. The molecule has 0 fully saturated rings. The number of benzene rings is 5. The van der Waals surface area contributed by atoms with Gasteiger partial charge in [0.1, 0.15) is 11.6 Å². The Morgan fingerprint density at radius 3 is 1.02 bits per heavy atom. The second-order valence-electron chi connectivity index (χ2n) is 18.2. The Balaban J connectivity index is 1.26. The minimum atomic E-state index is -5.40. The van der Waals surface area contributed by atoms with Gasteiger partial charge in [0, 0.05) is 46.8 Å². The van der Waals surface area contributed by atoms with E-state index >= 15 is 0 Å². The summed E-state index contributed by atoms with van der Waals surface area (Å²) < 4.78 is 297. The lowest BCUT2D eigenvalue weighted by Crippen LogP contribution is -2.17. The molecule has 3 heterocycles. The molecule has 5 nitrogen and oxygen atoms in total. The van der Waals surface area contributed by atoms with E-state index in [1.165, 1.54) is 85.2 Å². The third-order valence-electron chi connectivity index (χ3n) is 12.3. The van der Waals surface area contributed by atoms with Crippen LogP contribution in [0.15, 0.2) is 177 Å². The van der Waals surface area contributed by atoms with Crippen LogP contribution < -0.4 is 9.80 Å². The van der Waals surface area contributed by atoms with E-state index in [2.05, 4.69) is 21.5 Å². The summed E-state index contributed by atoms with van der Waals surface area (Å²) >= 11 is 0. The van der Waals surface area contributed by atoms with Crippen LogP contribution in [0, 0.1) is 0 Å². The predicted molar refractivity (Wildman–Crippen MR) is 264 cm³/mol. The number of pyridine rings is 3. The van der Waals surface area contributed by atoms with Crippen LogP contribution in [0.5, 0.6) is 0 Å². The van der Waals surface area contributed by atoms with E-state index in [0.29, 0.717) is 36.4 Å². The number of hydrogen-bond donors (Lipinski definition) is 0. The second-order valence-corrected chi connectivity index (χ2v) is 18.2. The van der Waals surface area contributed by atoms with Gasteiger partial charge in [0.25, 0.3) is 0 Å². The molecule has 432 valence electrons. The van der Waals surface area contributed by atoms with Crippen molar-refractivity contribution >= 4 is 28.7 Å². The maximum Gasteiger partial charge on any atom is 0.416 e. The number of aromatic nitrogens is 3. The van der Waals surface area contributed by atoms with Crippen LogP contribution in [-0.4, -0.2) is 15.0 Å². The minimum absolute atomic E-state index is 0.0246. The summed E-state index contributed by atoms with van der Waals surface area (Å²) in [5.74, 6) is -0.321. The summed E-state index contributed by atoms with van der Waals surface area (Å²) in [4.78, 5) is 15.1. The van der Waals surface area contributed by atoms with Gasteiger partial charge in [-0.25, -0.2) is 9.97 Å². The van der Waals surface area contributed by atoms with Gasteiger partial charge in [0.15, 0.2) is 0 Å². The Morgan fingerprint density at radius 2 is 0.699 bits per heavy atom. The quantitative estimate of drug-likeness (QED) is 0.0954. The fourth-order valence-corrected chi connectivity index (χ4v) is 8.55. The number of allylic oxidation sites excluding steroid dienone is 3. The molecule has 0 radical (unpaired) electrons. The second kappa shape index (κ2) is 21.8. The van der Waals surface area contributed by atoms with Gasteiger partial charge in [-0.15, -0.1) is 0 Å². The van der Waals surface area contributed by atoms with Gasteiger partial charge in [-0.05, 0) is 174 Å². The standard InChI is InChI=1S/C57H32F21N5/c1-3-5-30(2)82(48-22-38(19-45(26-48)57(76,77)78)37-17-43(55(70,71)72)25-44(18-37)56(73,74)75)49-9-7-31(27-80-49)32-8-10-50(81-28-32)83(46-6-4-11-79-29-46)47-20-33(35-13-39(51(58,59)60)23-40(14-35)52(61,62)63)12-34(21-47)36-15-41(53(64,65)66)24-42(16-36)54(67,68)69/h3-29H,1H2,2H3/b30-5+. The Hall–Kier alpha value is -8.84. The van der Waals surface area contributed by atoms with Crippen LogP contribution in [0.1, 0.15) is 45.9 Å². The molecular weight excluding hydrogens is 1150 g/mol. The highest BCUT2D eigenvalue weighted by atomic mass is 19.4. The fourth-order valence-electron chi connectivity index (χ4n) is 8.55. The molecule has 8 aromatic rings. The molecule has 83 heavy (non-hydrogen) atoms. The third kappa shape index (κ3) is 13.7. The molecule has 0 atom stereocenters. The zero-order valence-electron chi connectivity index (χ0n) is 41.5. The van der Waals surface area contributed by atoms with Gasteiger partial charge >= 0.3 is 43.2 Å². The Labute approximate surface area is 454 Å². The maximum absolute atomic E-state index is 14.5. The minimum Gasteiger partial charge on any atom is -0.299 e. The van der Waals surface area contributed by atoms with Gasteiger partial charge in [0.2, 0.25) is 0 Å². The number of anilines is 5. The van der Waals surface area contributed by atoms with E-state index in [1.807, 2.05) is 0 Å². The van der Waals surface area contributed by atoms with Crippen molar-refractivity contribution in [3.05, 3.63) is 216 Å². The van der Waals surface area contributed by atoms with Crippen LogP contribution in [0.3, 0.4) is 0 Å². The first-order valence-corrected chi connectivity index (χ1v) is 23.4. The summed E-state index contributed by atoms with van der Waals surface area (Å²) in [6.45, 7) is 4.94. The molecule has 8 rings (SSSR count).